The molecule has 1 spiro atoms. The molecular formula is C30H27NO9. The number of phenolic OH excluding ortho intramolecular Hbond substituents is 2. The maximum atomic E-state index is 13.2. The minimum atomic E-state index is -1.38. The van der Waals surface area contributed by atoms with E-state index in [4.69, 9.17) is 30.1 Å². The molecule has 0 bridgehead atoms. The molecular weight excluding hydrogens is 518 g/mol. The molecule has 206 valence electrons. The van der Waals surface area contributed by atoms with Crippen molar-refractivity contribution in [1.29, 1.82) is 0 Å². The Bertz CT molecular complexity index is 1420. The topological polar surface area (TPSA) is 133 Å². The van der Waals surface area contributed by atoms with Crippen LogP contribution in [0.25, 0.3) is 0 Å². The number of esters is 1. The number of carbonyl (C=O) groups excluding carboxylic acids is 2. The lowest BCUT2D eigenvalue weighted by Gasteiger charge is -2.36. The number of phenols is 2. The molecule has 10 heteroatoms. The Hall–Kier alpha value is -4.56. The van der Waals surface area contributed by atoms with Gasteiger partial charge in [-0.05, 0) is 36.4 Å². The summed E-state index contributed by atoms with van der Waals surface area (Å²) in [7, 11) is 0. The Morgan fingerprint density at radius 2 is 1.45 bits per heavy atom. The zero-order valence-electron chi connectivity index (χ0n) is 21.5. The first-order valence-corrected chi connectivity index (χ1v) is 12.6. The van der Waals surface area contributed by atoms with Crippen LogP contribution in [0.2, 0.25) is 0 Å². The van der Waals surface area contributed by atoms with Crippen LogP contribution in [0.1, 0.15) is 37.4 Å². The van der Waals surface area contributed by atoms with Crippen LogP contribution >= 0.6 is 0 Å². The van der Waals surface area contributed by atoms with Crippen LogP contribution in [-0.4, -0.2) is 68.3 Å². The van der Waals surface area contributed by atoms with Crippen LogP contribution in [0.15, 0.2) is 54.6 Å². The van der Waals surface area contributed by atoms with Gasteiger partial charge in [-0.15, -0.1) is 6.42 Å². The Balaban J connectivity index is 1.27. The molecule has 0 unspecified atom stereocenters. The van der Waals surface area contributed by atoms with Crippen molar-refractivity contribution in [1.82, 2.24) is 5.32 Å². The third kappa shape index (κ3) is 5.18. The van der Waals surface area contributed by atoms with Gasteiger partial charge in [-0.2, -0.15) is 0 Å². The predicted molar refractivity (Wildman–Crippen MR) is 142 cm³/mol. The highest BCUT2D eigenvalue weighted by Gasteiger charge is 2.53. The van der Waals surface area contributed by atoms with E-state index < -0.39 is 11.6 Å². The molecule has 0 saturated carbocycles. The summed E-state index contributed by atoms with van der Waals surface area (Å²) in [6.07, 6.45) is 5.09. The molecule has 0 aromatic heterocycles. The van der Waals surface area contributed by atoms with E-state index in [2.05, 4.69) is 11.2 Å². The molecule has 0 atom stereocenters. The van der Waals surface area contributed by atoms with Crippen LogP contribution in [0.4, 0.5) is 0 Å². The normalized spacial score (nSPS) is 13.9. The van der Waals surface area contributed by atoms with Gasteiger partial charge in [0.1, 0.15) is 29.6 Å². The van der Waals surface area contributed by atoms with E-state index in [1.54, 1.807) is 24.3 Å². The summed E-state index contributed by atoms with van der Waals surface area (Å²) in [5.41, 5.74) is 0.668. The number of amides is 1. The monoisotopic (exact) mass is 545 g/mol. The highest BCUT2D eigenvalue weighted by molar-refractivity contribution is 6.01. The number of fused-ring (bicyclic) bond motifs is 6. The van der Waals surface area contributed by atoms with Crippen molar-refractivity contribution in [2.75, 3.05) is 46.2 Å². The third-order valence-electron chi connectivity index (χ3n) is 6.50. The quantitative estimate of drug-likeness (QED) is 0.189. The summed E-state index contributed by atoms with van der Waals surface area (Å²) in [5, 5.41) is 22.9. The van der Waals surface area contributed by atoms with Crippen molar-refractivity contribution >= 4 is 11.9 Å². The fourth-order valence-corrected chi connectivity index (χ4v) is 4.76. The van der Waals surface area contributed by atoms with Gasteiger partial charge in [0.05, 0.1) is 38.6 Å². The van der Waals surface area contributed by atoms with Crippen molar-refractivity contribution in [2.24, 2.45) is 0 Å². The van der Waals surface area contributed by atoms with Crippen molar-refractivity contribution < 1.29 is 43.5 Å². The molecule has 5 rings (SSSR count). The molecule has 2 aliphatic rings. The van der Waals surface area contributed by atoms with Crippen molar-refractivity contribution in [3.05, 3.63) is 82.4 Å². The van der Waals surface area contributed by atoms with E-state index in [0.29, 0.717) is 43.1 Å². The van der Waals surface area contributed by atoms with Gasteiger partial charge < -0.3 is 39.2 Å². The highest BCUT2D eigenvalue weighted by atomic mass is 16.6. The Labute approximate surface area is 230 Å². The van der Waals surface area contributed by atoms with Crippen LogP contribution in [0.5, 0.6) is 23.0 Å². The van der Waals surface area contributed by atoms with E-state index >= 15 is 0 Å². The molecule has 0 saturated heterocycles. The number of aromatic hydroxyl groups is 2. The minimum absolute atomic E-state index is 0.0312. The van der Waals surface area contributed by atoms with Gasteiger partial charge in [-0.25, -0.2) is 4.79 Å². The van der Waals surface area contributed by atoms with Gasteiger partial charge in [0.2, 0.25) is 0 Å². The predicted octanol–water partition coefficient (Wildman–Crippen LogP) is 3.08. The molecule has 10 nitrogen and oxygen atoms in total. The molecule has 40 heavy (non-hydrogen) atoms. The lowest BCUT2D eigenvalue weighted by molar-refractivity contribution is 0.0209. The molecule has 1 amide bonds. The van der Waals surface area contributed by atoms with Gasteiger partial charge in [-0.3, -0.25) is 4.79 Å². The van der Waals surface area contributed by atoms with E-state index in [-0.39, 0.29) is 59.8 Å². The van der Waals surface area contributed by atoms with Crippen LogP contribution in [0, 0.1) is 12.3 Å². The maximum Gasteiger partial charge on any atom is 0.340 e. The maximum absolute atomic E-state index is 13.2. The molecule has 3 aromatic rings. The van der Waals surface area contributed by atoms with Crippen molar-refractivity contribution in [3.8, 4) is 35.3 Å². The first-order chi connectivity index (χ1) is 19.4. The number of benzene rings is 3. The fourth-order valence-electron chi connectivity index (χ4n) is 4.76. The lowest BCUT2D eigenvalue weighted by atomic mass is 9.77. The zero-order chi connectivity index (χ0) is 28.1. The van der Waals surface area contributed by atoms with E-state index in [0.717, 1.165) is 0 Å². The standard InChI is InChI=1S/C30H27NO9/c1-2-10-36-12-14-38-15-13-37-11-9-31-28(34)19-3-6-23-22(16-19)29(35)40-30(23)24-7-4-20(32)17-26(24)39-27-18-21(33)5-8-25(27)30/h1,3-8,16-18,32-33H,9-15H2,(H,31,34). The number of carbonyl (C=O) groups is 2. The molecule has 0 radical (unpaired) electrons. The summed E-state index contributed by atoms with van der Waals surface area (Å²) >= 11 is 0. The second-order valence-electron chi connectivity index (χ2n) is 9.03. The molecule has 2 aliphatic heterocycles. The van der Waals surface area contributed by atoms with Crippen molar-refractivity contribution in [2.45, 2.75) is 5.60 Å². The minimum Gasteiger partial charge on any atom is -0.508 e. The van der Waals surface area contributed by atoms with Crippen molar-refractivity contribution in [3.63, 3.8) is 0 Å². The summed E-state index contributed by atoms with van der Waals surface area (Å²) in [5.74, 6) is 1.89. The summed E-state index contributed by atoms with van der Waals surface area (Å²) in [6, 6.07) is 13.8. The molecule has 0 fully saturated rings. The SMILES string of the molecule is C#CCOCCOCCOCCNC(=O)c1ccc2c(c1)C(=O)OC21c2ccc(O)cc2Oc2cc(O)ccc21. The lowest BCUT2D eigenvalue weighted by Crippen LogP contribution is -2.33. The van der Waals surface area contributed by atoms with Gasteiger partial charge in [0, 0.05) is 40.9 Å². The van der Waals surface area contributed by atoms with Gasteiger partial charge in [-0.1, -0.05) is 12.0 Å². The summed E-state index contributed by atoms with van der Waals surface area (Å²) < 4.78 is 27.9. The van der Waals surface area contributed by atoms with Crippen LogP contribution in [0.3, 0.4) is 0 Å². The Kier molecular flexibility index (Phi) is 7.89. The second kappa shape index (κ2) is 11.7. The van der Waals surface area contributed by atoms with Gasteiger partial charge in [0.15, 0.2) is 5.60 Å². The average molecular weight is 546 g/mol. The van der Waals surface area contributed by atoms with Gasteiger partial charge in [0.25, 0.3) is 5.91 Å². The number of ether oxygens (including phenoxy) is 5. The molecule has 3 aromatic carbocycles. The first kappa shape index (κ1) is 27.0. The second-order valence-corrected chi connectivity index (χ2v) is 9.03. The van der Waals surface area contributed by atoms with E-state index in [1.165, 1.54) is 30.3 Å². The number of terminal acetylenes is 1. The summed E-state index contributed by atoms with van der Waals surface area (Å²) in [4.78, 5) is 26.0. The number of rotatable bonds is 11. The largest absolute Gasteiger partial charge is 0.508 e. The van der Waals surface area contributed by atoms with Gasteiger partial charge >= 0.3 is 5.97 Å². The number of hydrogen-bond donors (Lipinski definition) is 3. The summed E-state index contributed by atoms with van der Waals surface area (Å²) in [6.45, 7) is 2.37. The Morgan fingerprint density at radius 3 is 2.10 bits per heavy atom. The first-order valence-electron chi connectivity index (χ1n) is 12.6. The average Bonchev–Trinajstić information content (AvgIpc) is 3.23. The zero-order valence-corrected chi connectivity index (χ0v) is 21.5. The van der Waals surface area contributed by atoms with Crippen LogP contribution in [-0.2, 0) is 24.5 Å². The molecule has 2 heterocycles. The smallest absolute Gasteiger partial charge is 0.340 e. The van der Waals surface area contributed by atoms with E-state index in [1.807, 2.05) is 0 Å². The molecule has 3 N–H and O–H groups in total. The number of nitrogens with one attached hydrogen (secondary N) is 1. The number of hydrogen-bond acceptors (Lipinski definition) is 9. The molecule has 0 aliphatic carbocycles. The highest BCUT2D eigenvalue weighted by Crippen LogP contribution is 2.57. The van der Waals surface area contributed by atoms with Crippen LogP contribution < -0.4 is 10.1 Å². The van der Waals surface area contributed by atoms with E-state index in [9.17, 15) is 19.8 Å². The Morgan fingerprint density at radius 1 is 0.850 bits per heavy atom. The fraction of sp³-hybridized carbons (Fsp3) is 0.267. The third-order valence-corrected chi connectivity index (χ3v) is 6.50.